The highest BCUT2D eigenvalue weighted by molar-refractivity contribution is 8.00. The zero-order chi connectivity index (χ0) is 25.0. The molecule has 11 heteroatoms. The van der Waals surface area contributed by atoms with Crippen LogP contribution in [0.1, 0.15) is 6.42 Å². The minimum atomic E-state index is -3.87. The third kappa shape index (κ3) is 6.07. The number of primary sulfonamides is 1. The van der Waals surface area contributed by atoms with E-state index in [9.17, 15) is 22.8 Å². The Labute approximate surface area is 206 Å². The van der Waals surface area contributed by atoms with Crippen molar-refractivity contribution in [2.24, 2.45) is 5.14 Å². The van der Waals surface area contributed by atoms with E-state index in [0.717, 1.165) is 9.80 Å². The van der Waals surface area contributed by atoms with Crippen molar-refractivity contribution in [2.45, 2.75) is 21.5 Å². The summed E-state index contributed by atoms with van der Waals surface area (Å²) in [5, 5.41) is 7.20. The lowest BCUT2D eigenvalue weighted by Crippen LogP contribution is -2.31. The van der Waals surface area contributed by atoms with E-state index >= 15 is 0 Å². The van der Waals surface area contributed by atoms with Crippen LogP contribution in [-0.4, -0.2) is 38.0 Å². The van der Waals surface area contributed by atoms with Gasteiger partial charge in [-0.05, 0) is 60.7 Å². The van der Waals surface area contributed by atoms with Crippen LogP contribution in [0.5, 0.6) is 5.75 Å². The topological polar surface area (TPSA) is 136 Å². The van der Waals surface area contributed by atoms with Crippen molar-refractivity contribution in [1.82, 2.24) is 0 Å². The largest absolute Gasteiger partial charge is 0.484 e. The fraction of sp³-hybridized carbons (Fsp3) is 0.125. The maximum atomic E-state index is 12.9. The van der Waals surface area contributed by atoms with Gasteiger partial charge in [0.25, 0.3) is 5.91 Å². The number of benzene rings is 3. The van der Waals surface area contributed by atoms with Crippen LogP contribution in [0.2, 0.25) is 0 Å². The van der Waals surface area contributed by atoms with Crippen molar-refractivity contribution in [1.29, 1.82) is 0 Å². The van der Waals surface area contributed by atoms with Crippen LogP contribution in [0.25, 0.3) is 0 Å². The highest BCUT2D eigenvalue weighted by atomic mass is 32.2. The number of ether oxygens (including phenoxy) is 1. The predicted molar refractivity (Wildman–Crippen MR) is 132 cm³/mol. The molecule has 0 spiro atoms. The van der Waals surface area contributed by atoms with Crippen LogP contribution in [0.15, 0.2) is 88.7 Å². The SMILES string of the molecule is NS(=O)(=O)c1ccc(N2C(=O)CC(Sc3ccc(NC(=O)COc4ccccc4)cc3)C2=O)cc1. The zero-order valence-electron chi connectivity index (χ0n) is 18.3. The van der Waals surface area contributed by atoms with Crippen molar-refractivity contribution >= 4 is 50.9 Å². The molecule has 3 aromatic carbocycles. The van der Waals surface area contributed by atoms with E-state index in [-0.39, 0.29) is 35.4 Å². The summed E-state index contributed by atoms with van der Waals surface area (Å²) < 4.78 is 28.3. The first-order valence-corrected chi connectivity index (χ1v) is 12.9. The number of nitrogens with one attached hydrogen (secondary N) is 1. The Morgan fingerprint density at radius 3 is 2.29 bits per heavy atom. The Balaban J connectivity index is 1.34. The number of para-hydroxylation sites is 1. The summed E-state index contributed by atoms with van der Waals surface area (Å²) in [6.45, 7) is -0.132. The van der Waals surface area contributed by atoms with Crippen LogP contribution in [0.3, 0.4) is 0 Å². The zero-order valence-corrected chi connectivity index (χ0v) is 19.9. The van der Waals surface area contributed by atoms with E-state index in [1.165, 1.54) is 36.0 Å². The number of hydrogen-bond acceptors (Lipinski definition) is 7. The summed E-state index contributed by atoms with van der Waals surface area (Å²) in [4.78, 5) is 39.2. The molecule has 1 atom stereocenters. The Bertz CT molecular complexity index is 1340. The van der Waals surface area contributed by atoms with Gasteiger partial charge in [0.2, 0.25) is 21.8 Å². The second kappa shape index (κ2) is 10.3. The van der Waals surface area contributed by atoms with Gasteiger partial charge in [0.1, 0.15) is 5.75 Å². The molecule has 180 valence electrons. The molecule has 0 bridgehead atoms. The van der Waals surface area contributed by atoms with Crippen LogP contribution in [0.4, 0.5) is 11.4 Å². The number of sulfonamides is 1. The second-order valence-corrected chi connectivity index (χ2v) is 10.4. The van der Waals surface area contributed by atoms with Crippen molar-refractivity contribution in [3.8, 4) is 5.75 Å². The van der Waals surface area contributed by atoms with Gasteiger partial charge < -0.3 is 10.1 Å². The monoisotopic (exact) mass is 511 g/mol. The molecule has 4 rings (SSSR count). The molecule has 1 aliphatic rings. The smallest absolute Gasteiger partial charge is 0.262 e. The fourth-order valence-corrected chi connectivity index (χ4v) is 4.97. The van der Waals surface area contributed by atoms with Gasteiger partial charge in [0.15, 0.2) is 6.61 Å². The number of anilines is 2. The van der Waals surface area contributed by atoms with E-state index in [2.05, 4.69) is 5.32 Å². The molecule has 1 aliphatic heterocycles. The van der Waals surface area contributed by atoms with Gasteiger partial charge >= 0.3 is 0 Å². The normalized spacial score (nSPS) is 15.8. The van der Waals surface area contributed by atoms with E-state index in [1.807, 2.05) is 18.2 Å². The molecule has 3 amide bonds. The molecular formula is C24H21N3O6S2. The number of imide groups is 1. The van der Waals surface area contributed by atoms with Gasteiger partial charge in [-0.15, -0.1) is 11.8 Å². The minimum absolute atomic E-state index is 0.00967. The fourth-order valence-electron chi connectivity index (χ4n) is 3.40. The van der Waals surface area contributed by atoms with Crippen molar-refractivity contribution in [3.05, 3.63) is 78.9 Å². The van der Waals surface area contributed by atoms with Crippen LogP contribution in [0, 0.1) is 0 Å². The summed E-state index contributed by atoms with van der Waals surface area (Å²) >= 11 is 1.24. The highest BCUT2D eigenvalue weighted by Crippen LogP contribution is 2.34. The lowest BCUT2D eigenvalue weighted by Gasteiger charge is -2.15. The number of amides is 3. The summed E-state index contributed by atoms with van der Waals surface area (Å²) in [6, 6.07) is 21.2. The molecule has 3 aromatic rings. The average Bonchev–Trinajstić information content (AvgIpc) is 3.11. The number of thioether (sulfide) groups is 1. The lowest BCUT2D eigenvalue weighted by molar-refractivity contribution is -0.121. The quantitative estimate of drug-likeness (QED) is 0.444. The molecule has 1 fully saturated rings. The molecule has 9 nitrogen and oxygen atoms in total. The Kier molecular flexibility index (Phi) is 7.20. The number of carbonyl (C=O) groups excluding carboxylic acids is 3. The Hall–Kier alpha value is -3.67. The van der Waals surface area contributed by atoms with E-state index in [1.54, 1.807) is 36.4 Å². The molecule has 1 saturated heterocycles. The van der Waals surface area contributed by atoms with E-state index in [0.29, 0.717) is 11.4 Å². The maximum Gasteiger partial charge on any atom is 0.262 e. The van der Waals surface area contributed by atoms with Crippen molar-refractivity contribution < 1.29 is 27.5 Å². The van der Waals surface area contributed by atoms with Crippen molar-refractivity contribution in [2.75, 3.05) is 16.8 Å². The molecule has 1 unspecified atom stereocenters. The molecule has 0 aliphatic carbocycles. The Morgan fingerprint density at radius 2 is 1.66 bits per heavy atom. The van der Waals surface area contributed by atoms with E-state index in [4.69, 9.17) is 9.88 Å². The van der Waals surface area contributed by atoms with Crippen LogP contribution in [-0.2, 0) is 24.4 Å². The highest BCUT2D eigenvalue weighted by Gasteiger charge is 2.40. The molecule has 35 heavy (non-hydrogen) atoms. The van der Waals surface area contributed by atoms with Gasteiger partial charge in [-0.25, -0.2) is 18.5 Å². The van der Waals surface area contributed by atoms with E-state index < -0.39 is 21.2 Å². The third-order valence-electron chi connectivity index (χ3n) is 5.06. The predicted octanol–water partition coefficient (Wildman–Crippen LogP) is 2.78. The van der Waals surface area contributed by atoms with Crippen LogP contribution >= 0.6 is 11.8 Å². The number of hydrogen-bond donors (Lipinski definition) is 2. The Morgan fingerprint density at radius 1 is 1.00 bits per heavy atom. The van der Waals surface area contributed by atoms with Gasteiger partial charge in [-0.3, -0.25) is 14.4 Å². The summed E-state index contributed by atoms with van der Waals surface area (Å²) in [5.74, 6) is -0.480. The van der Waals surface area contributed by atoms with Gasteiger partial charge in [0, 0.05) is 17.0 Å². The first kappa shape index (κ1) is 24.5. The summed E-state index contributed by atoms with van der Waals surface area (Å²) in [6.07, 6.45) is 0.00967. The number of rotatable bonds is 8. The summed E-state index contributed by atoms with van der Waals surface area (Å²) in [5.41, 5.74) is 0.854. The maximum absolute atomic E-state index is 12.9. The van der Waals surface area contributed by atoms with Crippen molar-refractivity contribution in [3.63, 3.8) is 0 Å². The summed E-state index contributed by atoms with van der Waals surface area (Å²) in [7, 11) is -3.87. The molecule has 1 heterocycles. The average molecular weight is 512 g/mol. The van der Waals surface area contributed by atoms with Crippen LogP contribution < -0.4 is 20.1 Å². The van der Waals surface area contributed by atoms with Gasteiger partial charge in [-0.2, -0.15) is 0 Å². The number of nitrogens with two attached hydrogens (primary N) is 1. The first-order chi connectivity index (χ1) is 16.7. The molecule has 0 aromatic heterocycles. The number of nitrogens with zero attached hydrogens (tertiary/aromatic N) is 1. The molecule has 0 saturated carbocycles. The first-order valence-electron chi connectivity index (χ1n) is 10.4. The number of carbonyl (C=O) groups is 3. The molecule has 0 radical (unpaired) electrons. The minimum Gasteiger partial charge on any atom is -0.484 e. The molecular weight excluding hydrogens is 490 g/mol. The lowest BCUT2D eigenvalue weighted by atomic mass is 10.3. The van der Waals surface area contributed by atoms with Gasteiger partial charge in [0.05, 0.1) is 15.8 Å². The third-order valence-corrected chi connectivity index (χ3v) is 7.18. The van der Waals surface area contributed by atoms with Gasteiger partial charge in [-0.1, -0.05) is 18.2 Å². The second-order valence-electron chi connectivity index (χ2n) is 7.59. The molecule has 3 N–H and O–H groups in total. The standard InChI is InChI=1S/C24H21N3O6S2/c25-35(31,32)20-12-8-17(9-13-20)27-23(29)14-21(24(27)30)34-19-10-6-16(7-11-19)26-22(28)15-33-18-4-2-1-3-5-18/h1-13,21H,14-15H2,(H,26,28)(H2,25,31,32).